The lowest BCUT2D eigenvalue weighted by Gasteiger charge is -2.10. The van der Waals surface area contributed by atoms with Crippen LogP contribution in [0.5, 0.6) is 11.5 Å². The third-order valence-corrected chi connectivity index (χ3v) is 5.30. The Morgan fingerprint density at radius 2 is 0.828 bits per heavy atom. The van der Waals surface area contributed by atoms with Gasteiger partial charge in [0.1, 0.15) is 11.5 Å². The molecule has 0 saturated carbocycles. The van der Waals surface area contributed by atoms with E-state index in [1.54, 1.807) is 0 Å². The number of unbranched alkanes of at least 4 members (excludes halogenated alkanes) is 4. The van der Waals surface area contributed by atoms with Gasteiger partial charge in [0.2, 0.25) is 0 Å². The van der Waals surface area contributed by atoms with Crippen molar-refractivity contribution < 1.29 is 9.47 Å². The minimum absolute atomic E-state index is 0.778. The molecule has 4 rings (SSSR count). The highest BCUT2D eigenvalue weighted by atomic mass is 16.5. The van der Waals surface area contributed by atoms with Gasteiger partial charge in [0.25, 0.3) is 0 Å². The van der Waals surface area contributed by atoms with Gasteiger partial charge >= 0.3 is 0 Å². The second-order valence-corrected chi connectivity index (χ2v) is 7.42. The first-order valence-corrected chi connectivity index (χ1v) is 10.6. The average molecular weight is 385 g/mol. The molecule has 0 atom stereocenters. The molecule has 0 unspecified atom stereocenters. The first-order valence-electron chi connectivity index (χ1n) is 10.6. The molecule has 0 aliphatic rings. The van der Waals surface area contributed by atoms with Crippen LogP contribution in [-0.2, 0) is 0 Å². The van der Waals surface area contributed by atoms with Crippen molar-refractivity contribution in [2.75, 3.05) is 13.2 Å². The Hall–Kier alpha value is -3.00. The van der Waals surface area contributed by atoms with Crippen molar-refractivity contribution in [2.24, 2.45) is 0 Å². The summed E-state index contributed by atoms with van der Waals surface area (Å²) in [5.41, 5.74) is 0. The van der Waals surface area contributed by atoms with E-state index in [-0.39, 0.29) is 0 Å². The maximum Gasteiger partial charge on any atom is 0.127 e. The highest BCUT2D eigenvalue weighted by Crippen LogP contribution is 2.26. The summed E-state index contributed by atoms with van der Waals surface area (Å²) in [4.78, 5) is 0. The Bertz CT molecular complexity index is 958. The van der Waals surface area contributed by atoms with Gasteiger partial charge in [-0.15, -0.1) is 0 Å². The van der Waals surface area contributed by atoms with Crippen LogP contribution in [0.1, 0.15) is 32.1 Å². The number of rotatable bonds is 10. The summed E-state index contributed by atoms with van der Waals surface area (Å²) >= 11 is 0. The van der Waals surface area contributed by atoms with Gasteiger partial charge in [-0.3, -0.25) is 0 Å². The van der Waals surface area contributed by atoms with E-state index in [1.165, 1.54) is 40.8 Å². The van der Waals surface area contributed by atoms with E-state index in [0.717, 1.165) is 37.6 Å². The second kappa shape index (κ2) is 9.97. The summed E-state index contributed by atoms with van der Waals surface area (Å²) in [6.07, 6.45) is 5.79. The van der Waals surface area contributed by atoms with E-state index < -0.39 is 0 Å². The Labute approximate surface area is 173 Å². The van der Waals surface area contributed by atoms with Gasteiger partial charge in [-0.1, -0.05) is 92.1 Å². The predicted molar refractivity (Wildman–Crippen MR) is 122 cm³/mol. The first-order chi connectivity index (χ1) is 14.4. The number of hydrogen-bond donors (Lipinski definition) is 0. The zero-order valence-corrected chi connectivity index (χ0v) is 16.8. The molecule has 0 aliphatic carbocycles. The van der Waals surface area contributed by atoms with E-state index in [2.05, 4.69) is 84.9 Å². The molecule has 4 aromatic rings. The topological polar surface area (TPSA) is 18.5 Å². The molecule has 0 aliphatic heterocycles. The van der Waals surface area contributed by atoms with Crippen molar-refractivity contribution in [3.63, 3.8) is 0 Å². The van der Waals surface area contributed by atoms with Crippen LogP contribution < -0.4 is 9.47 Å². The van der Waals surface area contributed by atoms with Crippen LogP contribution in [0, 0.1) is 0 Å². The molecular weight excluding hydrogens is 356 g/mol. The van der Waals surface area contributed by atoms with Crippen LogP contribution in [0.2, 0.25) is 0 Å². The van der Waals surface area contributed by atoms with Crippen molar-refractivity contribution in [1.29, 1.82) is 0 Å². The summed E-state index contributed by atoms with van der Waals surface area (Å²) in [6, 6.07) is 29.3. The minimum Gasteiger partial charge on any atom is -0.493 e. The van der Waals surface area contributed by atoms with Gasteiger partial charge in [-0.05, 0) is 35.7 Å². The number of fused-ring (bicyclic) bond motifs is 2. The summed E-state index contributed by atoms with van der Waals surface area (Å²) in [5, 5.41) is 4.86. The number of ether oxygens (including phenoxy) is 2. The molecule has 0 N–H and O–H groups in total. The van der Waals surface area contributed by atoms with Crippen LogP contribution in [0.15, 0.2) is 84.9 Å². The summed E-state index contributed by atoms with van der Waals surface area (Å²) in [7, 11) is 0. The molecule has 0 spiro atoms. The second-order valence-electron chi connectivity index (χ2n) is 7.42. The lowest BCUT2D eigenvalue weighted by atomic mass is 10.1. The molecule has 2 heteroatoms. The van der Waals surface area contributed by atoms with Gasteiger partial charge in [0.05, 0.1) is 13.2 Å². The molecule has 4 aromatic carbocycles. The quantitative estimate of drug-likeness (QED) is 0.265. The van der Waals surface area contributed by atoms with Crippen molar-refractivity contribution in [1.82, 2.24) is 0 Å². The summed E-state index contributed by atoms with van der Waals surface area (Å²) in [6.45, 7) is 1.56. The normalized spacial score (nSPS) is 11.0. The monoisotopic (exact) mass is 384 g/mol. The van der Waals surface area contributed by atoms with Crippen LogP contribution in [0.3, 0.4) is 0 Å². The van der Waals surface area contributed by atoms with Crippen LogP contribution in [-0.4, -0.2) is 13.2 Å². The Balaban J connectivity index is 1.12. The summed E-state index contributed by atoms with van der Waals surface area (Å²) < 4.78 is 12.0. The lowest BCUT2D eigenvalue weighted by Crippen LogP contribution is -1.99. The highest BCUT2D eigenvalue weighted by molar-refractivity contribution is 5.88. The van der Waals surface area contributed by atoms with Crippen LogP contribution in [0.25, 0.3) is 21.5 Å². The maximum atomic E-state index is 6.02. The molecule has 2 nitrogen and oxygen atoms in total. The van der Waals surface area contributed by atoms with Crippen molar-refractivity contribution >= 4 is 21.5 Å². The molecule has 0 heterocycles. The molecule has 0 saturated heterocycles. The molecule has 148 valence electrons. The minimum atomic E-state index is 0.778. The Kier molecular flexibility index (Phi) is 6.64. The van der Waals surface area contributed by atoms with E-state index >= 15 is 0 Å². The number of benzene rings is 4. The van der Waals surface area contributed by atoms with E-state index in [0.29, 0.717) is 0 Å². The van der Waals surface area contributed by atoms with Crippen molar-refractivity contribution in [2.45, 2.75) is 32.1 Å². The molecule has 0 aromatic heterocycles. The molecular formula is C27H28O2. The SMILES string of the molecule is c1ccc2c(OCCCCCCCOc3cccc4ccccc34)cccc2c1. The zero-order chi connectivity index (χ0) is 19.7. The fraction of sp³-hybridized carbons (Fsp3) is 0.259. The maximum absolute atomic E-state index is 6.02. The number of hydrogen-bond acceptors (Lipinski definition) is 2. The van der Waals surface area contributed by atoms with Crippen LogP contribution in [0.4, 0.5) is 0 Å². The van der Waals surface area contributed by atoms with E-state index in [1.807, 2.05) is 0 Å². The molecule has 0 amide bonds. The first kappa shape index (κ1) is 19.3. The molecule has 29 heavy (non-hydrogen) atoms. The Morgan fingerprint density at radius 3 is 1.34 bits per heavy atom. The van der Waals surface area contributed by atoms with Gasteiger partial charge < -0.3 is 9.47 Å². The van der Waals surface area contributed by atoms with Gasteiger partial charge in [-0.2, -0.15) is 0 Å². The van der Waals surface area contributed by atoms with Gasteiger partial charge in [-0.25, -0.2) is 0 Å². The van der Waals surface area contributed by atoms with Gasteiger partial charge in [0, 0.05) is 10.8 Å². The van der Waals surface area contributed by atoms with Crippen molar-refractivity contribution in [3.05, 3.63) is 84.9 Å². The van der Waals surface area contributed by atoms with Crippen molar-refractivity contribution in [3.8, 4) is 11.5 Å². The highest BCUT2D eigenvalue weighted by Gasteiger charge is 2.02. The third kappa shape index (κ3) is 5.08. The average Bonchev–Trinajstić information content (AvgIpc) is 2.78. The molecule has 0 fully saturated rings. The zero-order valence-electron chi connectivity index (χ0n) is 16.8. The smallest absolute Gasteiger partial charge is 0.127 e. The third-order valence-electron chi connectivity index (χ3n) is 5.30. The van der Waals surface area contributed by atoms with E-state index in [4.69, 9.17) is 9.47 Å². The molecule has 0 bridgehead atoms. The van der Waals surface area contributed by atoms with Crippen LogP contribution >= 0.6 is 0 Å². The lowest BCUT2D eigenvalue weighted by molar-refractivity contribution is 0.296. The van der Waals surface area contributed by atoms with E-state index in [9.17, 15) is 0 Å². The molecule has 0 radical (unpaired) electrons. The van der Waals surface area contributed by atoms with Gasteiger partial charge in [0.15, 0.2) is 0 Å². The predicted octanol–water partition coefficient (Wildman–Crippen LogP) is 7.40. The standard InChI is InChI=1S/C27H28O2/c1(2-8-20-28-26-18-10-14-22-12-4-6-16-24(22)26)3-9-21-29-27-19-11-15-23-13-5-7-17-25(23)27/h4-7,10-19H,1-3,8-9,20-21H2. The fourth-order valence-electron chi connectivity index (χ4n) is 3.74. The fourth-order valence-corrected chi connectivity index (χ4v) is 3.74. The largest absolute Gasteiger partial charge is 0.493 e. The Morgan fingerprint density at radius 1 is 0.414 bits per heavy atom. The summed E-state index contributed by atoms with van der Waals surface area (Å²) in [5.74, 6) is 1.98.